The van der Waals surface area contributed by atoms with E-state index in [0.717, 1.165) is 9.52 Å². The van der Waals surface area contributed by atoms with Crippen molar-refractivity contribution in [3.05, 3.63) is 0 Å². The Morgan fingerprint density at radius 2 is 2.09 bits per heavy atom. The zero-order valence-corrected chi connectivity index (χ0v) is 8.40. The van der Waals surface area contributed by atoms with Crippen molar-refractivity contribution < 1.29 is 0 Å². The van der Waals surface area contributed by atoms with Gasteiger partial charge in [-0.3, -0.25) is 0 Å². The fourth-order valence-electron chi connectivity index (χ4n) is 1.41. The average Bonchev–Trinajstić information content (AvgIpc) is 2.07. The molecule has 0 atom stereocenters. The lowest BCUT2D eigenvalue weighted by Gasteiger charge is -2.26. The summed E-state index contributed by atoms with van der Waals surface area (Å²) in [6, 6.07) is 1.42. The summed E-state index contributed by atoms with van der Waals surface area (Å²) in [6.45, 7) is 8.50. The second-order valence-corrected chi connectivity index (χ2v) is 4.26. The summed E-state index contributed by atoms with van der Waals surface area (Å²) in [5.74, 6) is 0. The molecule has 0 aromatic rings. The van der Waals surface area contributed by atoms with Crippen molar-refractivity contribution in [2.75, 3.05) is 32.7 Å². The van der Waals surface area contributed by atoms with Crippen LogP contribution in [0.1, 0.15) is 6.42 Å². The van der Waals surface area contributed by atoms with Gasteiger partial charge < -0.3 is 10.2 Å². The Kier molecular flexibility index (Phi) is 4.82. The first-order valence-electron chi connectivity index (χ1n) is 4.51. The Labute approximate surface area is 72.2 Å². The van der Waals surface area contributed by atoms with Gasteiger partial charge in [0.2, 0.25) is 0 Å². The molecule has 0 aromatic carbocycles. The van der Waals surface area contributed by atoms with E-state index < -0.39 is 0 Å². The van der Waals surface area contributed by atoms with E-state index in [1.54, 1.807) is 0 Å². The third-order valence-corrected chi connectivity index (χ3v) is 2.96. The molecule has 11 heavy (non-hydrogen) atoms. The number of hydrogen-bond donors (Lipinski definition) is 1. The minimum atomic E-state index is 1.14. The molecule has 1 N–H and O–H groups in total. The molecule has 1 aliphatic heterocycles. The summed E-state index contributed by atoms with van der Waals surface area (Å²) in [5.41, 5.74) is 0. The van der Waals surface area contributed by atoms with Gasteiger partial charge in [0, 0.05) is 35.7 Å². The topological polar surface area (TPSA) is 15.3 Å². The molecule has 0 aromatic heterocycles. The van der Waals surface area contributed by atoms with Gasteiger partial charge in [-0.25, -0.2) is 0 Å². The molecule has 2 radical (unpaired) electrons. The second-order valence-electron chi connectivity index (χ2n) is 3.05. The van der Waals surface area contributed by atoms with Crippen LogP contribution in [0.15, 0.2) is 0 Å². The molecule has 2 nitrogen and oxygen atoms in total. The summed E-state index contributed by atoms with van der Waals surface area (Å²) in [5, 5.41) is 3.37. The third-order valence-electron chi connectivity index (χ3n) is 2.11. The molecule has 1 aliphatic rings. The van der Waals surface area contributed by atoms with E-state index in [4.69, 9.17) is 0 Å². The minimum absolute atomic E-state index is 1.14. The molecule has 64 valence electrons. The molecule has 3 heteroatoms. The van der Waals surface area contributed by atoms with Gasteiger partial charge in [-0.05, 0) is 13.0 Å². The van der Waals surface area contributed by atoms with Crippen LogP contribution in [0.3, 0.4) is 0 Å². The number of piperazine rings is 1. The Morgan fingerprint density at radius 1 is 1.36 bits per heavy atom. The van der Waals surface area contributed by atoms with E-state index in [9.17, 15) is 0 Å². The fourth-order valence-corrected chi connectivity index (χ4v) is 1.93. The predicted molar refractivity (Wildman–Crippen MR) is 50.4 cm³/mol. The molecule has 0 amide bonds. The molecule has 0 bridgehead atoms. The van der Waals surface area contributed by atoms with Crippen molar-refractivity contribution in [2.45, 2.75) is 19.0 Å². The maximum Gasteiger partial charge on any atom is 0.0343 e. The molecular weight excluding hydrogens is 152 g/mol. The van der Waals surface area contributed by atoms with Gasteiger partial charge >= 0.3 is 0 Å². The van der Waals surface area contributed by atoms with E-state index in [1.807, 2.05) is 0 Å². The fraction of sp³-hybridized carbons (Fsp3) is 1.00. The summed E-state index contributed by atoms with van der Waals surface area (Å²) in [4.78, 5) is 2.57. The first kappa shape index (κ1) is 9.23. The van der Waals surface area contributed by atoms with Crippen LogP contribution >= 0.6 is 0 Å². The molecule has 0 aliphatic carbocycles. The molecule has 0 saturated carbocycles. The zero-order chi connectivity index (χ0) is 7.94. The van der Waals surface area contributed by atoms with Crippen molar-refractivity contribution in [3.63, 3.8) is 0 Å². The van der Waals surface area contributed by atoms with Gasteiger partial charge in [0.15, 0.2) is 0 Å². The van der Waals surface area contributed by atoms with Crippen LogP contribution in [-0.4, -0.2) is 47.1 Å². The Morgan fingerprint density at radius 3 is 2.73 bits per heavy atom. The third kappa shape index (κ3) is 3.89. The van der Waals surface area contributed by atoms with E-state index in [-0.39, 0.29) is 0 Å². The van der Waals surface area contributed by atoms with Crippen LogP contribution in [-0.2, 0) is 0 Å². The van der Waals surface area contributed by atoms with Crippen molar-refractivity contribution in [1.29, 1.82) is 0 Å². The van der Waals surface area contributed by atoms with Gasteiger partial charge in [0.25, 0.3) is 0 Å². The van der Waals surface area contributed by atoms with E-state index >= 15 is 0 Å². The van der Waals surface area contributed by atoms with Crippen molar-refractivity contribution in [2.24, 2.45) is 0 Å². The Hall–Kier alpha value is 0.137. The largest absolute Gasteiger partial charge is 0.314 e. The quantitative estimate of drug-likeness (QED) is 0.487. The van der Waals surface area contributed by atoms with Gasteiger partial charge in [-0.15, -0.1) is 0 Å². The standard InChI is InChI=1S/C8H18N2Si/c1-11-8-2-5-10-6-3-9-4-7-10/h9H,2-8H2,1H3. The highest BCUT2D eigenvalue weighted by molar-refractivity contribution is 6.33. The van der Waals surface area contributed by atoms with Crippen LogP contribution in [0.5, 0.6) is 0 Å². The first-order valence-corrected chi connectivity index (χ1v) is 6.22. The van der Waals surface area contributed by atoms with E-state index in [2.05, 4.69) is 16.8 Å². The van der Waals surface area contributed by atoms with Crippen molar-refractivity contribution >= 4 is 9.52 Å². The number of nitrogens with one attached hydrogen (secondary N) is 1. The highest BCUT2D eigenvalue weighted by Gasteiger charge is 2.07. The number of rotatable bonds is 4. The lowest BCUT2D eigenvalue weighted by molar-refractivity contribution is 0.241. The van der Waals surface area contributed by atoms with Crippen LogP contribution in [0.4, 0.5) is 0 Å². The highest BCUT2D eigenvalue weighted by Crippen LogP contribution is 1.96. The minimum Gasteiger partial charge on any atom is -0.314 e. The smallest absolute Gasteiger partial charge is 0.0343 e. The van der Waals surface area contributed by atoms with Gasteiger partial charge in [0.05, 0.1) is 0 Å². The van der Waals surface area contributed by atoms with Crippen LogP contribution < -0.4 is 5.32 Å². The molecule has 1 fully saturated rings. The summed E-state index contributed by atoms with van der Waals surface area (Å²) in [7, 11) is 1.14. The van der Waals surface area contributed by atoms with E-state index in [1.165, 1.54) is 45.2 Å². The molecule has 1 rings (SSSR count). The summed E-state index contributed by atoms with van der Waals surface area (Å²) >= 11 is 0. The summed E-state index contributed by atoms with van der Waals surface area (Å²) in [6.07, 6.45) is 1.40. The monoisotopic (exact) mass is 170 g/mol. The first-order chi connectivity index (χ1) is 5.43. The van der Waals surface area contributed by atoms with Crippen LogP contribution in [0, 0.1) is 0 Å². The maximum absolute atomic E-state index is 3.37. The van der Waals surface area contributed by atoms with Crippen LogP contribution in [0.2, 0.25) is 12.6 Å². The molecule has 1 saturated heterocycles. The number of hydrogen-bond acceptors (Lipinski definition) is 2. The molecule has 0 spiro atoms. The SMILES string of the molecule is C[Si]CCCN1CCNCC1. The highest BCUT2D eigenvalue weighted by atomic mass is 28.2. The Bertz CT molecular complexity index is 92.1. The lowest BCUT2D eigenvalue weighted by atomic mass is 10.3. The average molecular weight is 170 g/mol. The van der Waals surface area contributed by atoms with Crippen molar-refractivity contribution in [3.8, 4) is 0 Å². The van der Waals surface area contributed by atoms with Crippen LogP contribution in [0.25, 0.3) is 0 Å². The number of nitrogens with zero attached hydrogens (tertiary/aromatic N) is 1. The predicted octanol–water partition coefficient (Wildman–Crippen LogP) is 0.452. The van der Waals surface area contributed by atoms with E-state index in [0.29, 0.717) is 0 Å². The molecule has 1 heterocycles. The second kappa shape index (κ2) is 5.74. The van der Waals surface area contributed by atoms with Crippen molar-refractivity contribution in [1.82, 2.24) is 10.2 Å². The van der Waals surface area contributed by atoms with Gasteiger partial charge in [0.1, 0.15) is 0 Å². The molecular formula is C8H18N2Si. The zero-order valence-electron chi connectivity index (χ0n) is 7.40. The van der Waals surface area contributed by atoms with Gasteiger partial charge in [-0.1, -0.05) is 12.6 Å². The summed E-state index contributed by atoms with van der Waals surface area (Å²) < 4.78 is 0. The maximum atomic E-state index is 3.37. The normalized spacial score (nSPS) is 20.5. The molecule has 0 unspecified atom stereocenters. The van der Waals surface area contributed by atoms with Gasteiger partial charge in [-0.2, -0.15) is 0 Å². The Balaban J connectivity index is 1.96. The lowest BCUT2D eigenvalue weighted by Crippen LogP contribution is -2.43.